The molecular weight excluding hydrogens is 484 g/mol. The molecule has 0 aliphatic rings. The summed E-state index contributed by atoms with van der Waals surface area (Å²) in [6.45, 7) is 5.56. The number of rotatable bonds is 9. The molecule has 1 atom stereocenters. The van der Waals surface area contributed by atoms with Gasteiger partial charge in [-0.3, -0.25) is 9.59 Å². The minimum Gasteiger partial charge on any atom is -0.497 e. The Morgan fingerprint density at radius 1 is 1.03 bits per heavy atom. The highest BCUT2D eigenvalue weighted by Crippen LogP contribution is 2.33. The number of carbonyl (C=O) groups excluding carboxylic acids is 2. The van der Waals surface area contributed by atoms with Crippen LogP contribution in [0.2, 0.25) is 0 Å². The van der Waals surface area contributed by atoms with E-state index in [4.69, 9.17) is 9.47 Å². The molecule has 3 aromatic rings. The fraction of sp³-hybridized carbons (Fsp3) is 0.308. The largest absolute Gasteiger partial charge is 0.497 e. The number of halogens is 1. The zero-order chi connectivity index (χ0) is 24.0. The Balaban J connectivity index is 1.80. The van der Waals surface area contributed by atoms with E-state index in [0.29, 0.717) is 11.5 Å². The van der Waals surface area contributed by atoms with E-state index in [1.165, 1.54) is 4.90 Å². The van der Waals surface area contributed by atoms with Gasteiger partial charge in [-0.25, -0.2) is 0 Å². The maximum Gasteiger partial charge on any atom is 0.261 e. The van der Waals surface area contributed by atoms with E-state index in [9.17, 15) is 9.59 Å². The molecule has 0 aromatic heterocycles. The number of carbonyl (C=O) groups is 2. The second-order valence-electron chi connectivity index (χ2n) is 8.10. The number of hydrogen-bond acceptors (Lipinski definition) is 4. The van der Waals surface area contributed by atoms with Crippen LogP contribution in [-0.4, -0.2) is 42.5 Å². The quantitative estimate of drug-likeness (QED) is 0.441. The van der Waals surface area contributed by atoms with Crippen molar-refractivity contribution in [2.45, 2.75) is 39.4 Å². The molecule has 3 rings (SSSR count). The summed E-state index contributed by atoms with van der Waals surface area (Å²) in [7, 11) is 1.59. The molecular formula is C26H29BrN2O4. The lowest BCUT2D eigenvalue weighted by Gasteiger charge is -2.29. The predicted molar refractivity (Wildman–Crippen MR) is 133 cm³/mol. The molecule has 0 aliphatic carbocycles. The molecule has 3 aromatic carbocycles. The number of hydrogen-bond donors (Lipinski definition) is 1. The molecule has 0 fully saturated rings. The third-order valence-electron chi connectivity index (χ3n) is 5.26. The standard InChI is InChI=1S/C26H29BrN2O4/c1-17(2)28-26(31)18(3)29(15-19-8-7-10-21(14-19)32-4)24(30)16-33-23-13-12-20-9-5-6-11-22(20)25(23)27/h5-14,17-18H,15-16H2,1-4H3,(H,28,31)/t18-/m0/s1. The maximum atomic E-state index is 13.3. The number of amides is 2. The molecule has 2 amide bonds. The third kappa shape index (κ3) is 6.26. The van der Waals surface area contributed by atoms with Gasteiger partial charge in [0.1, 0.15) is 17.5 Å². The van der Waals surface area contributed by atoms with Gasteiger partial charge in [-0.05, 0) is 71.2 Å². The lowest BCUT2D eigenvalue weighted by atomic mass is 10.1. The average molecular weight is 513 g/mol. The van der Waals surface area contributed by atoms with Crippen molar-refractivity contribution in [2.75, 3.05) is 13.7 Å². The van der Waals surface area contributed by atoms with Crippen LogP contribution in [0.4, 0.5) is 0 Å². The van der Waals surface area contributed by atoms with Crippen molar-refractivity contribution in [1.82, 2.24) is 10.2 Å². The lowest BCUT2D eigenvalue weighted by Crippen LogP contribution is -2.50. The Morgan fingerprint density at radius 3 is 2.52 bits per heavy atom. The van der Waals surface area contributed by atoms with Crippen molar-refractivity contribution in [3.05, 3.63) is 70.7 Å². The topological polar surface area (TPSA) is 67.9 Å². The summed E-state index contributed by atoms with van der Waals surface area (Å²) < 4.78 is 12.0. The van der Waals surface area contributed by atoms with E-state index in [2.05, 4.69) is 21.2 Å². The normalized spacial score (nSPS) is 11.8. The predicted octanol–water partition coefficient (Wildman–Crippen LogP) is 4.93. The van der Waals surface area contributed by atoms with Gasteiger partial charge in [0.05, 0.1) is 11.6 Å². The molecule has 6 nitrogen and oxygen atoms in total. The lowest BCUT2D eigenvalue weighted by molar-refractivity contribution is -0.142. The summed E-state index contributed by atoms with van der Waals surface area (Å²) in [6.07, 6.45) is 0. The number of fused-ring (bicyclic) bond motifs is 1. The Kier molecular flexibility index (Phi) is 8.33. The van der Waals surface area contributed by atoms with Gasteiger partial charge in [0.15, 0.2) is 6.61 Å². The van der Waals surface area contributed by atoms with Crippen LogP contribution in [0.1, 0.15) is 26.3 Å². The van der Waals surface area contributed by atoms with Crippen molar-refractivity contribution < 1.29 is 19.1 Å². The van der Waals surface area contributed by atoms with Gasteiger partial charge in [0.2, 0.25) is 5.91 Å². The molecule has 0 spiro atoms. The summed E-state index contributed by atoms with van der Waals surface area (Å²) >= 11 is 3.59. The van der Waals surface area contributed by atoms with Crippen molar-refractivity contribution >= 4 is 38.5 Å². The minimum atomic E-state index is -0.672. The van der Waals surface area contributed by atoms with Gasteiger partial charge in [-0.15, -0.1) is 0 Å². The number of methoxy groups -OCH3 is 1. The molecule has 0 bridgehead atoms. The molecule has 0 saturated heterocycles. The van der Waals surface area contributed by atoms with Crippen LogP contribution in [0, 0.1) is 0 Å². The monoisotopic (exact) mass is 512 g/mol. The highest BCUT2D eigenvalue weighted by molar-refractivity contribution is 9.10. The van der Waals surface area contributed by atoms with Gasteiger partial charge in [0.25, 0.3) is 5.91 Å². The highest BCUT2D eigenvalue weighted by atomic mass is 79.9. The molecule has 174 valence electrons. The van der Waals surface area contributed by atoms with Crippen molar-refractivity contribution in [1.29, 1.82) is 0 Å². The van der Waals surface area contributed by atoms with Gasteiger partial charge in [0, 0.05) is 12.6 Å². The molecule has 33 heavy (non-hydrogen) atoms. The Bertz CT molecular complexity index is 1130. The first-order chi connectivity index (χ1) is 15.8. The highest BCUT2D eigenvalue weighted by Gasteiger charge is 2.27. The summed E-state index contributed by atoms with van der Waals surface area (Å²) in [6, 6.07) is 18.5. The van der Waals surface area contributed by atoms with Crippen LogP contribution in [0.25, 0.3) is 10.8 Å². The summed E-state index contributed by atoms with van der Waals surface area (Å²) in [5.74, 6) is 0.760. The maximum absolute atomic E-state index is 13.3. The second-order valence-corrected chi connectivity index (χ2v) is 8.89. The van der Waals surface area contributed by atoms with Gasteiger partial charge in [-0.1, -0.05) is 42.5 Å². The second kappa shape index (κ2) is 11.2. The number of nitrogens with zero attached hydrogens (tertiary/aromatic N) is 1. The molecule has 0 saturated carbocycles. The molecule has 0 heterocycles. The molecule has 0 radical (unpaired) electrons. The van der Waals surface area contributed by atoms with E-state index in [1.54, 1.807) is 14.0 Å². The third-order valence-corrected chi connectivity index (χ3v) is 6.08. The van der Waals surface area contributed by atoms with Gasteiger partial charge >= 0.3 is 0 Å². The Labute approximate surface area is 203 Å². The number of benzene rings is 3. The fourth-order valence-corrected chi connectivity index (χ4v) is 4.11. The zero-order valence-electron chi connectivity index (χ0n) is 19.3. The average Bonchev–Trinajstić information content (AvgIpc) is 2.81. The van der Waals surface area contributed by atoms with E-state index >= 15 is 0 Å². The van der Waals surface area contributed by atoms with Crippen molar-refractivity contribution in [3.8, 4) is 11.5 Å². The van der Waals surface area contributed by atoms with Crippen LogP contribution < -0.4 is 14.8 Å². The van der Waals surface area contributed by atoms with E-state index in [0.717, 1.165) is 20.8 Å². The molecule has 1 N–H and O–H groups in total. The molecule has 0 aliphatic heterocycles. The van der Waals surface area contributed by atoms with E-state index in [-0.39, 0.29) is 31.0 Å². The van der Waals surface area contributed by atoms with Crippen LogP contribution in [0.3, 0.4) is 0 Å². The van der Waals surface area contributed by atoms with E-state index in [1.807, 2.05) is 74.5 Å². The van der Waals surface area contributed by atoms with Crippen LogP contribution in [-0.2, 0) is 16.1 Å². The van der Waals surface area contributed by atoms with Gasteiger partial charge < -0.3 is 19.7 Å². The first-order valence-electron chi connectivity index (χ1n) is 10.8. The van der Waals surface area contributed by atoms with Crippen LogP contribution in [0.5, 0.6) is 11.5 Å². The van der Waals surface area contributed by atoms with Crippen LogP contribution >= 0.6 is 15.9 Å². The summed E-state index contributed by atoms with van der Waals surface area (Å²) in [5.41, 5.74) is 0.860. The van der Waals surface area contributed by atoms with Crippen molar-refractivity contribution in [3.63, 3.8) is 0 Å². The number of ether oxygens (including phenoxy) is 2. The van der Waals surface area contributed by atoms with Gasteiger partial charge in [-0.2, -0.15) is 0 Å². The molecule has 0 unspecified atom stereocenters. The Morgan fingerprint density at radius 2 is 1.79 bits per heavy atom. The van der Waals surface area contributed by atoms with E-state index < -0.39 is 6.04 Å². The SMILES string of the molecule is COc1cccc(CN(C(=O)COc2ccc3ccccc3c2Br)[C@@H](C)C(=O)NC(C)C)c1. The summed E-state index contributed by atoms with van der Waals surface area (Å²) in [4.78, 5) is 27.5. The first-order valence-corrected chi connectivity index (χ1v) is 11.6. The van der Waals surface area contributed by atoms with Crippen LogP contribution in [0.15, 0.2) is 65.1 Å². The fourth-order valence-electron chi connectivity index (χ4n) is 3.50. The smallest absolute Gasteiger partial charge is 0.261 e. The molecule has 7 heteroatoms. The minimum absolute atomic E-state index is 0.0291. The van der Waals surface area contributed by atoms with Crippen molar-refractivity contribution in [2.24, 2.45) is 0 Å². The zero-order valence-corrected chi connectivity index (χ0v) is 20.9. The Hall–Kier alpha value is -3.06. The number of nitrogens with one attached hydrogen (secondary N) is 1. The first kappa shape index (κ1) is 24.6. The summed E-state index contributed by atoms with van der Waals surface area (Å²) in [5, 5.41) is 4.95.